The smallest absolute Gasteiger partial charge is 0.337 e. The second kappa shape index (κ2) is 7.28. The van der Waals surface area contributed by atoms with Crippen LogP contribution in [0.4, 0.5) is 10.5 Å². The maximum atomic E-state index is 12.1. The van der Waals surface area contributed by atoms with Gasteiger partial charge in [0.15, 0.2) is 0 Å². The van der Waals surface area contributed by atoms with Crippen molar-refractivity contribution >= 4 is 33.6 Å². The molecule has 2 amide bonds. The van der Waals surface area contributed by atoms with Gasteiger partial charge in [-0.3, -0.25) is 0 Å². The highest BCUT2D eigenvalue weighted by molar-refractivity contribution is 9.10. The summed E-state index contributed by atoms with van der Waals surface area (Å²) in [7, 11) is 1.69. The van der Waals surface area contributed by atoms with Gasteiger partial charge >= 0.3 is 12.0 Å². The number of carboxylic acid groups (broad SMARTS) is 1. The normalized spacial score (nSPS) is 11.8. The third-order valence-corrected chi connectivity index (χ3v) is 3.58. The SMILES string of the molecule is CCC(C)CN(C)C(=O)Nc1cc(Br)ccc1C(=O)O. The lowest BCUT2D eigenvalue weighted by Crippen LogP contribution is -2.35. The Balaban J connectivity index is 2.84. The van der Waals surface area contributed by atoms with Crippen molar-refractivity contribution in [1.82, 2.24) is 4.90 Å². The number of carbonyl (C=O) groups excluding carboxylic acids is 1. The highest BCUT2D eigenvalue weighted by Gasteiger charge is 2.16. The van der Waals surface area contributed by atoms with Gasteiger partial charge in [-0.2, -0.15) is 0 Å². The zero-order chi connectivity index (χ0) is 15.3. The van der Waals surface area contributed by atoms with E-state index < -0.39 is 5.97 Å². The number of halogens is 1. The fourth-order valence-corrected chi connectivity index (χ4v) is 2.06. The number of nitrogens with one attached hydrogen (secondary N) is 1. The molecule has 0 aliphatic rings. The van der Waals surface area contributed by atoms with Crippen LogP contribution in [0.1, 0.15) is 30.6 Å². The van der Waals surface area contributed by atoms with Gasteiger partial charge in [-0.25, -0.2) is 9.59 Å². The lowest BCUT2D eigenvalue weighted by atomic mass is 10.1. The van der Waals surface area contributed by atoms with Crippen LogP contribution in [0.25, 0.3) is 0 Å². The predicted octanol–water partition coefficient (Wildman–Crippen LogP) is 3.66. The van der Waals surface area contributed by atoms with E-state index in [2.05, 4.69) is 35.1 Å². The van der Waals surface area contributed by atoms with Crippen molar-refractivity contribution < 1.29 is 14.7 Å². The number of hydrogen-bond donors (Lipinski definition) is 2. The molecule has 0 aromatic heterocycles. The van der Waals surface area contributed by atoms with Crippen LogP contribution < -0.4 is 5.32 Å². The molecule has 1 rings (SSSR count). The number of hydrogen-bond acceptors (Lipinski definition) is 2. The molecule has 0 aliphatic carbocycles. The molecule has 0 saturated carbocycles. The number of anilines is 1. The van der Waals surface area contributed by atoms with Gasteiger partial charge in [0, 0.05) is 18.1 Å². The molecule has 1 aromatic rings. The summed E-state index contributed by atoms with van der Waals surface area (Å²) in [6.07, 6.45) is 0.981. The first kappa shape index (κ1) is 16.5. The first-order valence-electron chi connectivity index (χ1n) is 6.40. The van der Waals surface area contributed by atoms with Gasteiger partial charge in [-0.15, -0.1) is 0 Å². The van der Waals surface area contributed by atoms with E-state index in [4.69, 9.17) is 5.11 Å². The molecule has 0 saturated heterocycles. The molecular weight excluding hydrogens is 324 g/mol. The number of urea groups is 1. The minimum absolute atomic E-state index is 0.0680. The van der Waals surface area contributed by atoms with Crippen molar-refractivity contribution in [3.8, 4) is 0 Å². The number of benzene rings is 1. The van der Waals surface area contributed by atoms with Crippen LogP contribution in [0.5, 0.6) is 0 Å². The molecular formula is C14H19BrN2O3. The summed E-state index contributed by atoms with van der Waals surface area (Å²) in [5, 5.41) is 11.7. The van der Waals surface area contributed by atoms with Crippen molar-refractivity contribution in [3.05, 3.63) is 28.2 Å². The van der Waals surface area contributed by atoms with Crippen LogP contribution in [0.2, 0.25) is 0 Å². The molecule has 0 aliphatic heterocycles. The molecule has 0 spiro atoms. The van der Waals surface area contributed by atoms with Gasteiger partial charge < -0.3 is 15.3 Å². The first-order chi connectivity index (χ1) is 9.35. The van der Waals surface area contributed by atoms with Crippen LogP contribution in [-0.2, 0) is 0 Å². The van der Waals surface area contributed by atoms with Crippen molar-refractivity contribution in [3.63, 3.8) is 0 Å². The summed E-state index contributed by atoms with van der Waals surface area (Å²) >= 11 is 3.27. The van der Waals surface area contributed by atoms with Gasteiger partial charge in [0.2, 0.25) is 0 Å². The lowest BCUT2D eigenvalue weighted by molar-refractivity contribution is 0.0698. The molecule has 1 unspecified atom stereocenters. The lowest BCUT2D eigenvalue weighted by Gasteiger charge is -2.21. The van der Waals surface area contributed by atoms with E-state index in [0.29, 0.717) is 16.9 Å². The summed E-state index contributed by atoms with van der Waals surface area (Å²) in [5.74, 6) is -0.676. The van der Waals surface area contributed by atoms with Gasteiger partial charge in [0.05, 0.1) is 11.3 Å². The van der Waals surface area contributed by atoms with E-state index in [9.17, 15) is 9.59 Å². The van der Waals surface area contributed by atoms with Crippen molar-refractivity contribution in [1.29, 1.82) is 0 Å². The van der Waals surface area contributed by atoms with Crippen molar-refractivity contribution in [2.45, 2.75) is 20.3 Å². The number of aromatic carboxylic acids is 1. The third-order valence-electron chi connectivity index (χ3n) is 3.08. The maximum absolute atomic E-state index is 12.1. The third kappa shape index (κ3) is 4.52. The molecule has 20 heavy (non-hydrogen) atoms. The molecule has 110 valence electrons. The fraction of sp³-hybridized carbons (Fsp3) is 0.429. The molecule has 1 aromatic carbocycles. The van der Waals surface area contributed by atoms with Crippen molar-refractivity contribution in [2.75, 3.05) is 18.9 Å². The molecule has 1 atom stereocenters. The highest BCUT2D eigenvalue weighted by Crippen LogP contribution is 2.22. The maximum Gasteiger partial charge on any atom is 0.337 e. The van der Waals surface area contributed by atoms with Crippen LogP contribution >= 0.6 is 15.9 Å². The zero-order valence-electron chi connectivity index (χ0n) is 11.8. The van der Waals surface area contributed by atoms with E-state index >= 15 is 0 Å². The fourth-order valence-electron chi connectivity index (χ4n) is 1.70. The molecule has 6 heteroatoms. The summed E-state index contributed by atoms with van der Waals surface area (Å²) < 4.78 is 0.711. The van der Waals surface area contributed by atoms with Crippen LogP contribution in [-0.4, -0.2) is 35.6 Å². The Hall–Kier alpha value is -1.56. The van der Waals surface area contributed by atoms with Gasteiger partial charge in [0.1, 0.15) is 0 Å². The quantitative estimate of drug-likeness (QED) is 0.857. The number of rotatable bonds is 5. The molecule has 5 nitrogen and oxygen atoms in total. The summed E-state index contributed by atoms with van der Waals surface area (Å²) in [6.45, 7) is 4.75. The summed E-state index contributed by atoms with van der Waals surface area (Å²) in [5.41, 5.74) is 0.353. The largest absolute Gasteiger partial charge is 0.478 e. The first-order valence-corrected chi connectivity index (χ1v) is 7.19. The van der Waals surface area contributed by atoms with Crippen LogP contribution in [0, 0.1) is 5.92 Å². The predicted molar refractivity (Wildman–Crippen MR) is 82.2 cm³/mol. The summed E-state index contributed by atoms with van der Waals surface area (Å²) in [4.78, 5) is 24.7. The Bertz CT molecular complexity index is 505. The van der Waals surface area contributed by atoms with E-state index in [1.54, 1.807) is 24.1 Å². The Labute approximate surface area is 127 Å². The Morgan fingerprint density at radius 2 is 2.10 bits per heavy atom. The Morgan fingerprint density at radius 3 is 2.65 bits per heavy atom. The molecule has 0 fully saturated rings. The highest BCUT2D eigenvalue weighted by atomic mass is 79.9. The average molecular weight is 343 g/mol. The number of nitrogens with zero attached hydrogens (tertiary/aromatic N) is 1. The molecule has 2 N–H and O–H groups in total. The monoisotopic (exact) mass is 342 g/mol. The van der Waals surface area contributed by atoms with Gasteiger partial charge in [-0.05, 0) is 24.1 Å². The van der Waals surface area contributed by atoms with Crippen molar-refractivity contribution in [2.24, 2.45) is 5.92 Å². The number of amides is 2. The standard InChI is InChI=1S/C14H19BrN2O3/c1-4-9(2)8-17(3)14(20)16-12-7-10(15)5-6-11(12)13(18)19/h5-7,9H,4,8H2,1-3H3,(H,16,20)(H,18,19). The number of carboxylic acids is 1. The van der Waals surface area contributed by atoms with E-state index in [1.165, 1.54) is 6.07 Å². The second-order valence-electron chi connectivity index (χ2n) is 4.82. The second-order valence-corrected chi connectivity index (χ2v) is 5.73. The minimum Gasteiger partial charge on any atom is -0.478 e. The molecule has 0 heterocycles. The zero-order valence-corrected chi connectivity index (χ0v) is 13.4. The molecule has 0 bridgehead atoms. The van der Waals surface area contributed by atoms with Crippen LogP contribution in [0.15, 0.2) is 22.7 Å². The van der Waals surface area contributed by atoms with E-state index in [0.717, 1.165) is 6.42 Å². The topological polar surface area (TPSA) is 69.6 Å². The van der Waals surface area contributed by atoms with Crippen LogP contribution in [0.3, 0.4) is 0 Å². The van der Waals surface area contributed by atoms with E-state index in [-0.39, 0.29) is 17.3 Å². The number of carbonyl (C=O) groups is 2. The average Bonchev–Trinajstić information content (AvgIpc) is 2.38. The Kier molecular flexibility index (Phi) is 6.01. The van der Waals surface area contributed by atoms with Gasteiger partial charge in [-0.1, -0.05) is 36.2 Å². The molecule has 0 radical (unpaired) electrons. The van der Waals surface area contributed by atoms with Gasteiger partial charge in [0.25, 0.3) is 0 Å². The van der Waals surface area contributed by atoms with E-state index in [1.807, 2.05) is 0 Å². The minimum atomic E-state index is -1.07. The summed E-state index contributed by atoms with van der Waals surface area (Å²) in [6, 6.07) is 4.35. The Morgan fingerprint density at radius 1 is 1.45 bits per heavy atom.